The number of carboxylic acid groups (broad SMARTS) is 2. The number of aliphatic carboxylic acids is 1. The fourth-order valence-corrected chi connectivity index (χ4v) is 3.14. The average molecular weight is 502 g/mol. The molecule has 0 fully saturated rings. The van der Waals surface area contributed by atoms with Crippen LogP contribution >= 0.6 is 0 Å². The molecule has 0 saturated heterocycles. The number of aromatic hydroxyl groups is 1. The number of nitrogens with one attached hydrogen (secondary N) is 2. The number of methoxy groups -OCH3 is 1. The number of hydrogen-bond acceptors (Lipinski definition) is 8. The van der Waals surface area contributed by atoms with Crippen molar-refractivity contribution in [3.05, 3.63) is 53.1 Å². The van der Waals surface area contributed by atoms with E-state index < -0.39 is 23.8 Å². The molecule has 2 amide bonds. The quantitative estimate of drug-likeness (QED) is 0.163. The first kappa shape index (κ1) is 27.6. The van der Waals surface area contributed by atoms with E-state index in [0.29, 0.717) is 24.9 Å². The summed E-state index contributed by atoms with van der Waals surface area (Å²) in [7, 11) is 1.20. The zero-order valence-electron chi connectivity index (χ0n) is 19.4. The summed E-state index contributed by atoms with van der Waals surface area (Å²) in [6, 6.07) is 8.47. The second-order valence-corrected chi connectivity index (χ2v) is 7.49. The van der Waals surface area contributed by atoms with Crippen molar-refractivity contribution >= 4 is 35.4 Å². The summed E-state index contributed by atoms with van der Waals surface area (Å²) in [6.07, 6.45) is 1.46. The standard InChI is InChI=1S/C24H26N2O10/c1-35-24(34)20-17(27)5-4-6-18(20)36-12-3-2-11-25-19(28)10-8-14-7-9-16(15(13-14)22(30)31)26-21(29)23(32)33/h4-7,9,13,27H,2-3,8,10-12H2,1H3,(H,25,28)(H,26,29)(H,30,31)(H,32,33). The van der Waals surface area contributed by atoms with Gasteiger partial charge in [-0.3, -0.25) is 9.59 Å². The van der Waals surface area contributed by atoms with Crippen molar-refractivity contribution in [2.75, 3.05) is 25.6 Å². The van der Waals surface area contributed by atoms with Gasteiger partial charge >= 0.3 is 23.8 Å². The maximum absolute atomic E-state index is 12.1. The first-order valence-electron chi connectivity index (χ1n) is 10.8. The molecule has 0 saturated carbocycles. The Morgan fingerprint density at radius 2 is 1.75 bits per heavy atom. The van der Waals surface area contributed by atoms with E-state index in [4.69, 9.17) is 9.84 Å². The van der Waals surface area contributed by atoms with E-state index in [2.05, 4.69) is 10.1 Å². The van der Waals surface area contributed by atoms with Gasteiger partial charge in [-0.15, -0.1) is 0 Å². The number of aryl methyl sites for hydroxylation is 1. The van der Waals surface area contributed by atoms with Crippen LogP contribution in [0.3, 0.4) is 0 Å². The van der Waals surface area contributed by atoms with Gasteiger partial charge in [0.2, 0.25) is 5.91 Å². The number of phenolic OH excluding ortho intramolecular Hbond substituents is 1. The minimum Gasteiger partial charge on any atom is -0.507 e. The molecule has 2 aromatic carbocycles. The van der Waals surface area contributed by atoms with Crippen LogP contribution in [0, 0.1) is 0 Å². The Kier molecular flexibility index (Phi) is 10.2. The Balaban J connectivity index is 1.76. The predicted octanol–water partition coefficient (Wildman–Crippen LogP) is 1.81. The number of aromatic carboxylic acids is 1. The van der Waals surface area contributed by atoms with Gasteiger partial charge in [-0.25, -0.2) is 14.4 Å². The molecule has 0 heterocycles. The molecular weight excluding hydrogens is 476 g/mol. The summed E-state index contributed by atoms with van der Waals surface area (Å²) in [4.78, 5) is 57.3. The molecule has 0 aromatic heterocycles. The molecule has 36 heavy (non-hydrogen) atoms. The third-order valence-electron chi connectivity index (χ3n) is 4.94. The molecule has 0 aliphatic heterocycles. The Morgan fingerprint density at radius 1 is 1.00 bits per heavy atom. The van der Waals surface area contributed by atoms with E-state index in [-0.39, 0.29) is 53.7 Å². The molecule has 5 N–H and O–H groups in total. The predicted molar refractivity (Wildman–Crippen MR) is 125 cm³/mol. The Bertz CT molecular complexity index is 1150. The van der Waals surface area contributed by atoms with Crippen LogP contribution in [0.4, 0.5) is 5.69 Å². The lowest BCUT2D eigenvalue weighted by Crippen LogP contribution is -2.25. The molecule has 0 aliphatic rings. The molecular formula is C24H26N2O10. The van der Waals surface area contributed by atoms with E-state index in [0.717, 1.165) is 0 Å². The molecule has 0 unspecified atom stereocenters. The van der Waals surface area contributed by atoms with Crippen LogP contribution in [-0.2, 0) is 25.5 Å². The minimum absolute atomic E-state index is 0.0587. The van der Waals surface area contributed by atoms with Gasteiger partial charge in [0.15, 0.2) is 0 Å². The van der Waals surface area contributed by atoms with Gasteiger partial charge in [0.1, 0.15) is 17.1 Å². The number of rotatable bonds is 12. The van der Waals surface area contributed by atoms with E-state index in [1.54, 1.807) is 0 Å². The number of esters is 1. The Hall–Kier alpha value is -4.61. The number of carboxylic acids is 2. The highest BCUT2D eigenvalue weighted by Gasteiger charge is 2.19. The summed E-state index contributed by atoms with van der Waals surface area (Å²) >= 11 is 0. The zero-order valence-corrected chi connectivity index (χ0v) is 19.4. The number of carbonyl (C=O) groups excluding carboxylic acids is 3. The number of benzene rings is 2. The molecule has 2 rings (SSSR count). The zero-order chi connectivity index (χ0) is 26.7. The van der Waals surface area contributed by atoms with Crippen LogP contribution in [0.5, 0.6) is 11.5 Å². The van der Waals surface area contributed by atoms with Crippen LogP contribution in [0.1, 0.15) is 45.5 Å². The highest BCUT2D eigenvalue weighted by Crippen LogP contribution is 2.28. The average Bonchev–Trinajstić information content (AvgIpc) is 2.84. The molecule has 12 heteroatoms. The van der Waals surface area contributed by atoms with E-state index >= 15 is 0 Å². The number of carbonyl (C=O) groups is 5. The monoisotopic (exact) mass is 502 g/mol. The van der Waals surface area contributed by atoms with Crippen LogP contribution in [0.15, 0.2) is 36.4 Å². The van der Waals surface area contributed by atoms with Crippen molar-refractivity contribution in [3.63, 3.8) is 0 Å². The van der Waals surface area contributed by atoms with Crippen molar-refractivity contribution in [3.8, 4) is 11.5 Å². The van der Waals surface area contributed by atoms with Crippen molar-refractivity contribution in [2.45, 2.75) is 25.7 Å². The van der Waals surface area contributed by atoms with E-state index in [9.17, 15) is 34.2 Å². The fourth-order valence-electron chi connectivity index (χ4n) is 3.14. The van der Waals surface area contributed by atoms with Crippen molar-refractivity contribution in [1.82, 2.24) is 5.32 Å². The number of unbranched alkanes of at least 4 members (excludes halogenated alkanes) is 1. The lowest BCUT2D eigenvalue weighted by atomic mass is 10.0. The minimum atomic E-state index is -1.75. The number of hydrogen-bond donors (Lipinski definition) is 5. The molecule has 192 valence electrons. The number of anilines is 1. The van der Waals surface area contributed by atoms with Gasteiger partial charge in [0, 0.05) is 13.0 Å². The summed E-state index contributed by atoms with van der Waals surface area (Å²) in [5.41, 5.74) is 0.0211. The summed E-state index contributed by atoms with van der Waals surface area (Å²) in [6.45, 7) is 0.610. The van der Waals surface area contributed by atoms with E-state index in [1.165, 1.54) is 43.5 Å². The first-order chi connectivity index (χ1) is 17.1. The summed E-state index contributed by atoms with van der Waals surface area (Å²) in [5.74, 6) is -5.48. The second-order valence-electron chi connectivity index (χ2n) is 7.49. The number of amides is 2. The number of phenols is 1. The maximum atomic E-state index is 12.1. The third-order valence-corrected chi connectivity index (χ3v) is 4.94. The fraction of sp³-hybridized carbons (Fsp3) is 0.292. The van der Waals surface area contributed by atoms with Gasteiger partial charge in [-0.1, -0.05) is 12.1 Å². The molecule has 0 aliphatic carbocycles. The largest absolute Gasteiger partial charge is 0.507 e. The van der Waals surface area contributed by atoms with Gasteiger partial charge < -0.3 is 35.4 Å². The van der Waals surface area contributed by atoms with Crippen molar-refractivity contribution in [2.24, 2.45) is 0 Å². The molecule has 0 atom stereocenters. The van der Waals surface area contributed by atoms with Gasteiger partial charge in [-0.2, -0.15) is 0 Å². The van der Waals surface area contributed by atoms with Crippen LogP contribution in [0.25, 0.3) is 0 Å². The smallest absolute Gasteiger partial charge is 0.394 e. The Morgan fingerprint density at radius 3 is 2.42 bits per heavy atom. The highest BCUT2D eigenvalue weighted by atomic mass is 16.5. The maximum Gasteiger partial charge on any atom is 0.394 e. The first-order valence-corrected chi connectivity index (χ1v) is 10.8. The molecule has 2 aromatic rings. The van der Waals surface area contributed by atoms with Gasteiger partial charge in [0.05, 0.1) is 25.0 Å². The van der Waals surface area contributed by atoms with Crippen molar-refractivity contribution < 1.29 is 48.8 Å². The third kappa shape index (κ3) is 8.01. The van der Waals surface area contributed by atoms with E-state index in [1.807, 2.05) is 5.32 Å². The van der Waals surface area contributed by atoms with Crippen LogP contribution in [0.2, 0.25) is 0 Å². The normalized spacial score (nSPS) is 10.2. The summed E-state index contributed by atoms with van der Waals surface area (Å²) in [5, 5.41) is 32.6. The number of ether oxygens (including phenoxy) is 2. The topological polar surface area (TPSA) is 189 Å². The summed E-state index contributed by atoms with van der Waals surface area (Å²) < 4.78 is 10.2. The molecule has 0 spiro atoms. The van der Waals surface area contributed by atoms with Crippen LogP contribution in [-0.4, -0.2) is 65.3 Å². The Labute approximate surface area is 205 Å². The molecule has 0 radical (unpaired) electrons. The second kappa shape index (κ2) is 13.3. The van der Waals surface area contributed by atoms with Crippen LogP contribution < -0.4 is 15.4 Å². The lowest BCUT2D eigenvalue weighted by Gasteiger charge is -2.11. The highest BCUT2D eigenvalue weighted by molar-refractivity contribution is 6.36. The van der Waals surface area contributed by atoms with Crippen molar-refractivity contribution in [1.29, 1.82) is 0 Å². The van der Waals surface area contributed by atoms with Gasteiger partial charge in [-0.05, 0) is 49.1 Å². The van der Waals surface area contributed by atoms with Gasteiger partial charge in [0.25, 0.3) is 0 Å². The SMILES string of the molecule is COC(=O)c1c(O)cccc1OCCCCNC(=O)CCc1ccc(NC(=O)C(=O)O)c(C(=O)O)c1. The molecule has 0 bridgehead atoms. The lowest BCUT2D eigenvalue weighted by molar-refractivity contribution is -0.147. The molecule has 12 nitrogen and oxygen atoms in total.